The zero-order chi connectivity index (χ0) is 39.9. The Kier molecular flexibility index (Phi) is 8.66. The summed E-state index contributed by atoms with van der Waals surface area (Å²) in [6.07, 6.45) is 11.4. The van der Waals surface area contributed by atoms with E-state index in [9.17, 15) is 19.8 Å². The van der Waals surface area contributed by atoms with E-state index in [4.69, 9.17) is 4.74 Å². The number of ether oxygens (including phenoxy) is 1. The second-order valence-electron chi connectivity index (χ2n) is 20.1. The van der Waals surface area contributed by atoms with Crippen molar-refractivity contribution in [3.05, 3.63) is 76.0 Å². The van der Waals surface area contributed by atoms with Crippen LogP contribution in [0.25, 0.3) is 16.5 Å². The van der Waals surface area contributed by atoms with Crippen LogP contribution >= 0.6 is 0 Å². The van der Waals surface area contributed by atoms with E-state index in [0.29, 0.717) is 30.0 Å². The minimum absolute atomic E-state index is 0.0349. The summed E-state index contributed by atoms with van der Waals surface area (Å²) in [5.74, 6) is 0.246. The average Bonchev–Trinajstić information content (AvgIpc) is 3.75. The maximum atomic E-state index is 14.9. The van der Waals surface area contributed by atoms with Gasteiger partial charge in [-0.1, -0.05) is 51.2 Å². The predicted octanol–water partition coefficient (Wildman–Crippen LogP) is 7.78. The van der Waals surface area contributed by atoms with E-state index >= 15 is 0 Å². The van der Waals surface area contributed by atoms with Gasteiger partial charge < -0.3 is 29.7 Å². The molecule has 0 saturated heterocycles. The van der Waals surface area contributed by atoms with Gasteiger partial charge in [-0.2, -0.15) is 0 Å². The summed E-state index contributed by atoms with van der Waals surface area (Å²) >= 11 is 0. The third-order valence-corrected chi connectivity index (χ3v) is 15.6. The molecule has 1 aromatic carbocycles. The smallest absolute Gasteiger partial charge is 0.246 e. The number of hydrogen-bond acceptors (Lipinski definition) is 6. The summed E-state index contributed by atoms with van der Waals surface area (Å²) < 4.78 is 8.92. The summed E-state index contributed by atoms with van der Waals surface area (Å²) in [5, 5.41) is 28.2. The quantitative estimate of drug-likeness (QED) is 0.152. The van der Waals surface area contributed by atoms with Crippen molar-refractivity contribution >= 4 is 28.2 Å². The van der Waals surface area contributed by atoms with Crippen LogP contribution in [0.15, 0.2) is 48.1 Å². The molecule has 0 spiro atoms. The van der Waals surface area contributed by atoms with E-state index in [0.717, 1.165) is 65.4 Å². The summed E-state index contributed by atoms with van der Waals surface area (Å²) in [6, 6.07) is 1.78. The van der Waals surface area contributed by atoms with Crippen molar-refractivity contribution in [2.45, 2.75) is 129 Å². The van der Waals surface area contributed by atoms with Gasteiger partial charge in [0.1, 0.15) is 6.04 Å². The fourth-order valence-corrected chi connectivity index (χ4v) is 13.1. The van der Waals surface area contributed by atoms with Crippen molar-refractivity contribution in [1.29, 1.82) is 0 Å². The number of hydrogen-bond donors (Lipinski definition) is 3. The number of fused-ring (bicyclic) bond motifs is 11. The van der Waals surface area contributed by atoms with E-state index in [1.807, 2.05) is 45.0 Å². The average molecular weight is 750 g/mol. The Hall–Kier alpha value is -3.30. The number of benzene rings is 1. The van der Waals surface area contributed by atoms with Crippen LogP contribution in [0.4, 0.5) is 0 Å². The molecule has 3 N–H and O–H groups in total. The number of likely N-dealkylation sites (N-methyl/N-ethyl adjacent to an activating group) is 1. The van der Waals surface area contributed by atoms with E-state index in [1.54, 1.807) is 0 Å². The summed E-state index contributed by atoms with van der Waals surface area (Å²) in [5.41, 5.74) is 6.42. The number of ketones is 1. The van der Waals surface area contributed by atoms with Gasteiger partial charge >= 0.3 is 0 Å². The normalized spacial score (nSPS) is 36.8. The molecule has 9 atom stereocenters. The number of carbonyl (C=O) groups is 2. The lowest BCUT2D eigenvalue weighted by atomic mass is 9.40. The van der Waals surface area contributed by atoms with Crippen molar-refractivity contribution in [2.75, 3.05) is 27.2 Å². The zero-order valence-electron chi connectivity index (χ0n) is 35.0. The fourth-order valence-electron chi connectivity index (χ4n) is 13.1. The van der Waals surface area contributed by atoms with Crippen LogP contribution in [0, 0.1) is 28.6 Å². The molecule has 0 bridgehead atoms. The number of allylic oxidation sites excluding steroid dienone is 3. The second kappa shape index (κ2) is 12.3. The van der Waals surface area contributed by atoms with Gasteiger partial charge in [-0.3, -0.25) is 9.59 Å². The molecule has 6 aliphatic rings. The van der Waals surface area contributed by atoms with Crippen LogP contribution in [0.5, 0.6) is 0 Å². The molecule has 4 aliphatic carbocycles. The molecule has 3 heterocycles. The highest BCUT2D eigenvalue weighted by atomic mass is 16.5. The Labute approximate surface area is 327 Å². The predicted molar refractivity (Wildman–Crippen MR) is 219 cm³/mol. The maximum absolute atomic E-state index is 14.9. The molecule has 2 fully saturated rings. The number of nitrogens with zero attached hydrogens (tertiary/aromatic N) is 2. The summed E-state index contributed by atoms with van der Waals surface area (Å²) in [6.45, 7) is 25.0. The van der Waals surface area contributed by atoms with Crippen LogP contribution in [-0.4, -0.2) is 75.9 Å². The molecule has 1 amide bonds. The van der Waals surface area contributed by atoms with Crippen molar-refractivity contribution < 1.29 is 24.5 Å². The minimum atomic E-state index is -0.855. The molecule has 8 heteroatoms. The number of amides is 1. The highest BCUT2D eigenvalue weighted by molar-refractivity contribution is 6.18. The Bertz CT molecular complexity index is 2130. The molecule has 2 aromatic rings. The van der Waals surface area contributed by atoms with Gasteiger partial charge in [-0.15, -0.1) is 0 Å². The van der Waals surface area contributed by atoms with Crippen LogP contribution in [-0.2, 0) is 21.4 Å². The minimum Gasteiger partial charge on any atom is -0.392 e. The molecule has 8 nitrogen and oxygen atoms in total. The van der Waals surface area contributed by atoms with Crippen LogP contribution < -0.4 is 5.32 Å². The lowest BCUT2D eigenvalue weighted by Crippen LogP contribution is -2.62. The van der Waals surface area contributed by atoms with Crippen molar-refractivity contribution in [3.8, 4) is 0 Å². The number of carbonyl (C=O) groups excluding carboxylic acids is 2. The van der Waals surface area contributed by atoms with E-state index in [1.165, 1.54) is 11.3 Å². The molecule has 1 aromatic heterocycles. The van der Waals surface area contributed by atoms with Crippen molar-refractivity contribution in [1.82, 2.24) is 14.8 Å². The van der Waals surface area contributed by atoms with Gasteiger partial charge in [0.25, 0.3) is 0 Å². The topological polar surface area (TPSA) is 104 Å². The molecule has 2 unspecified atom stereocenters. The SMILES string of the molecule is C=C(C)[C@H]1C(=O)c2c3c(cc4c5c(n1c24)[C@@]1(C)C(CC[C@H]2[C@](C)(/C=C/C=C(\C)C(=O)NCCN(C)C)[C@@H](O)CC[C@@]21C)C5)C1=CC(C)(C)OC(C)(C)C1[C@@H]3O. The Morgan fingerprint density at radius 1 is 1.09 bits per heavy atom. The lowest BCUT2D eigenvalue weighted by Gasteiger charge is -2.64. The maximum Gasteiger partial charge on any atom is 0.246 e. The highest BCUT2D eigenvalue weighted by Gasteiger charge is 2.67. The first kappa shape index (κ1) is 38.6. The molecule has 8 rings (SSSR count). The third-order valence-electron chi connectivity index (χ3n) is 15.6. The number of nitrogens with one attached hydrogen (secondary N) is 1. The number of rotatable bonds is 7. The summed E-state index contributed by atoms with van der Waals surface area (Å²) in [4.78, 5) is 29.8. The van der Waals surface area contributed by atoms with Gasteiger partial charge in [0.2, 0.25) is 5.91 Å². The molecular formula is C47H63N3O5. The first-order chi connectivity index (χ1) is 25.6. The molecule has 296 valence electrons. The molecule has 55 heavy (non-hydrogen) atoms. The largest absolute Gasteiger partial charge is 0.392 e. The van der Waals surface area contributed by atoms with Gasteiger partial charge in [0, 0.05) is 52.1 Å². The standard InChI is InChI=1S/C47H63N3O5/c1-25(2)37-40(53)35-34-28(31-24-43(4,5)55-44(6,7)36(31)39(34)52)23-29-30-22-27-15-16-32-45(8,18-13-14-26(3)42(54)48-20-21-49(11)12)33(51)17-19-46(32,9)47(27,10)41(30)50(37)38(29)35/h13-14,18,23-24,27,32-33,36-37,39,51-52H,1,15-17,19-22H2,2-12H3,(H,48,54)/b18-13+,26-14+/t27?,32-,33-,36?,37-,39+,45-,46-,47+/m0/s1. The Morgan fingerprint density at radius 3 is 2.47 bits per heavy atom. The number of aromatic nitrogens is 1. The van der Waals surface area contributed by atoms with E-state index in [-0.39, 0.29) is 34.4 Å². The van der Waals surface area contributed by atoms with Gasteiger partial charge in [-0.25, -0.2) is 0 Å². The van der Waals surface area contributed by atoms with Gasteiger partial charge in [0.05, 0.1) is 34.5 Å². The fraction of sp³-hybridized carbons (Fsp3) is 0.617. The first-order valence-electron chi connectivity index (χ1n) is 20.6. The first-order valence-corrected chi connectivity index (χ1v) is 20.6. The van der Waals surface area contributed by atoms with Crippen LogP contribution in [0.1, 0.15) is 133 Å². The van der Waals surface area contributed by atoms with Crippen LogP contribution in [0.3, 0.4) is 0 Å². The lowest BCUT2D eigenvalue weighted by molar-refractivity contribution is -0.144. The van der Waals surface area contributed by atoms with Crippen LogP contribution in [0.2, 0.25) is 0 Å². The van der Waals surface area contributed by atoms with E-state index < -0.39 is 34.9 Å². The molecule has 2 aliphatic heterocycles. The van der Waals surface area contributed by atoms with E-state index in [2.05, 4.69) is 83.1 Å². The van der Waals surface area contributed by atoms with Crippen molar-refractivity contribution in [2.24, 2.45) is 28.6 Å². The third kappa shape index (κ3) is 5.16. The zero-order valence-corrected chi connectivity index (χ0v) is 35.0. The number of aliphatic hydroxyl groups is 2. The Morgan fingerprint density at radius 2 is 1.80 bits per heavy atom. The number of Topliss-reactive ketones (excluding diaryl/α,β-unsaturated/α-hetero) is 1. The molecule has 2 saturated carbocycles. The van der Waals surface area contributed by atoms with Gasteiger partial charge in [0.15, 0.2) is 5.78 Å². The Balaban J connectivity index is 1.26. The number of aliphatic hydroxyl groups excluding tert-OH is 2. The highest BCUT2D eigenvalue weighted by Crippen LogP contribution is 2.71. The molecular weight excluding hydrogens is 687 g/mol. The molecule has 0 radical (unpaired) electrons. The summed E-state index contributed by atoms with van der Waals surface area (Å²) in [7, 11) is 3.98. The van der Waals surface area contributed by atoms with Gasteiger partial charge in [-0.05, 0) is 134 Å². The second-order valence-corrected chi connectivity index (χ2v) is 20.1. The van der Waals surface area contributed by atoms with Crippen molar-refractivity contribution in [3.63, 3.8) is 0 Å². The monoisotopic (exact) mass is 749 g/mol.